The van der Waals surface area contributed by atoms with E-state index >= 15 is 0 Å². The summed E-state index contributed by atoms with van der Waals surface area (Å²) in [5, 5.41) is 0.114. The highest BCUT2D eigenvalue weighted by Crippen LogP contribution is 2.34. The predicted octanol–water partition coefficient (Wildman–Crippen LogP) is 4.37. The number of rotatable bonds is 7. The first kappa shape index (κ1) is 20.4. The number of anilines is 1. The second-order valence-corrected chi connectivity index (χ2v) is 7.51. The Morgan fingerprint density at radius 3 is 2.27 bits per heavy atom. The maximum absolute atomic E-state index is 12.6. The maximum atomic E-state index is 12.6. The van der Waals surface area contributed by atoms with Crippen molar-refractivity contribution in [2.75, 3.05) is 17.9 Å². The summed E-state index contributed by atoms with van der Waals surface area (Å²) in [6, 6.07) is 8.41. The normalized spacial score (nSPS) is 11.1. The predicted molar refractivity (Wildman–Crippen MR) is 101 cm³/mol. The molecular weight excluding hydrogens is 401 g/mol. The number of halogens is 2. The minimum atomic E-state index is -3.98. The Kier molecular flexibility index (Phi) is 6.75. The minimum absolute atomic E-state index is 0.0199. The monoisotopic (exact) mass is 417 g/mol. The molecule has 0 atom stereocenters. The van der Waals surface area contributed by atoms with Crippen molar-refractivity contribution < 1.29 is 22.7 Å². The van der Waals surface area contributed by atoms with E-state index < -0.39 is 16.0 Å². The molecule has 0 aliphatic carbocycles. The molecule has 0 aliphatic rings. The highest BCUT2D eigenvalue weighted by molar-refractivity contribution is 7.92. The molecule has 0 aliphatic heterocycles. The van der Waals surface area contributed by atoms with Gasteiger partial charge < -0.3 is 9.47 Å². The van der Waals surface area contributed by atoms with Crippen molar-refractivity contribution in [2.24, 2.45) is 0 Å². The highest BCUT2D eigenvalue weighted by atomic mass is 35.5. The topological polar surface area (TPSA) is 81.7 Å². The van der Waals surface area contributed by atoms with Crippen molar-refractivity contribution in [1.82, 2.24) is 0 Å². The molecule has 0 fully saturated rings. The smallest absolute Gasteiger partial charge is 0.338 e. The van der Waals surface area contributed by atoms with Gasteiger partial charge >= 0.3 is 5.97 Å². The van der Waals surface area contributed by atoms with Crippen LogP contribution in [0.25, 0.3) is 0 Å². The molecule has 0 heterocycles. The van der Waals surface area contributed by atoms with Gasteiger partial charge in [0.25, 0.3) is 10.0 Å². The fraction of sp³-hybridized carbons (Fsp3) is 0.235. The van der Waals surface area contributed by atoms with Crippen LogP contribution in [0.4, 0.5) is 5.69 Å². The number of hydrogen-bond donors (Lipinski definition) is 1. The molecule has 9 heteroatoms. The molecule has 140 valence electrons. The SMILES string of the molecule is CCOC(=O)c1ccc(NS(=O)(=O)c2cc(Cl)c(OCC)cc2Cl)cc1. The van der Waals surface area contributed by atoms with E-state index in [1.807, 2.05) is 0 Å². The van der Waals surface area contributed by atoms with E-state index in [1.165, 1.54) is 36.4 Å². The van der Waals surface area contributed by atoms with Crippen molar-refractivity contribution in [3.8, 4) is 5.75 Å². The molecular formula is C17H17Cl2NO5S. The Balaban J connectivity index is 2.26. The maximum Gasteiger partial charge on any atom is 0.338 e. The first-order valence-electron chi connectivity index (χ1n) is 7.70. The van der Waals surface area contributed by atoms with E-state index in [0.29, 0.717) is 17.9 Å². The van der Waals surface area contributed by atoms with Crippen LogP contribution in [0.5, 0.6) is 5.75 Å². The lowest BCUT2D eigenvalue weighted by Gasteiger charge is -2.12. The highest BCUT2D eigenvalue weighted by Gasteiger charge is 2.21. The third-order valence-corrected chi connectivity index (χ3v) is 5.37. The Morgan fingerprint density at radius 2 is 1.69 bits per heavy atom. The number of esters is 1. The summed E-state index contributed by atoms with van der Waals surface area (Å²) in [6.07, 6.45) is 0. The van der Waals surface area contributed by atoms with Gasteiger partial charge in [-0.2, -0.15) is 0 Å². The van der Waals surface area contributed by atoms with Crippen LogP contribution in [0.2, 0.25) is 10.0 Å². The quantitative estimate of drug-likeness (QED) is 0.676. The number of sulfonamides is 1. The third-order valence-electron chi connectivity index (χ3n) is 3.22. The fourth-order valence-electron chi connectivity index (χ4n) is 2.08. The van der Waals surface area contributed by atoms with Gasteiger partial charge in [0.05, 0.1) is 28.8 Å². The number of benzene rings is 2. The molecule has 1 N–H and O–H groups in total. The van der Waals surface area contributed by atoms with Crippen molar-refractivity contribution >= 4 is 44.9 Å². The van der Waals surface area contributed by atoms with Crippen LogP contribution in [-0.2, 0) is 14.8 Å². The van der Waals surface area contributed by atoms with Gasteiger partial charge in [-0.1, -0.05) is 23.2 Å². The van der Waals surface area contributed by atoms with Gasteiger partial charge in [-0.25, -0.2) is 13.2 Å². The molecule has 2 rings (SSSR count). The first-order chi connectivity index (χ1) is 12.3. The van der Waals surface area contributed by atoms with Crippen molar-refractivity contribution in [3.63, 3.8) is 0 Å². The summed E-state index contributed by atoms with van der Waals surface area (Å²) in [4.78, 5) is 11.4. The van der Waals surface area contributed by atoms with E-state index in [1.54, 1.807) is 13.8 Å². The summed E-state index contributed by atoms with van der Waals surface area (Å²) in [7, 11) is -3.98. The Hall–Kier alpha value is -1.96. The lowest BCUT2D eigenvalue weighted by atomic mass is 10.2. The van der Waals surface area contributed by atoms with Crippen molar-refractivity contribution in [2.45, 2.75) is 18.7 Å². The molecule has 26 heavy (non-hydrogen) atoms. The first-order valence-corrected chi connectivity index (χ1v) is 9.94. The Morgan fingerprint density at radius 1 is 1.04 bits per heavy atom. The van der Waals surface area contributed by atoms with Crippen LogP contribution in [0.1, 0.15) is 24.2 Å². The van der Waals surface area contributed by atoms with Crippen LogP contribution in [0.3, 0.4) is 0 Å². The van der Waals surface area contributed by atoms with E-state index in [4.69, 9.17) is 32.7 Å². The van der Waals surface area contributed by atoms with Gasteiger partial charge in [0.1, 0.15) is 10.6 Å². The van der Waals surface area contributed by atoms with Crippen LogP contribution in [0.15, 0.2) is 41.3 Å². The summed E-state index contributed by atoms with van der Waals surface area (Å²) < 4.78 is 37.7. The van der Waals surface area contributed by atoms with Crippen molar-refractivity contribution in [1.29, 1.82) is 0 Å². The third kappa shape index (κ3) is 4.81. The summed E-state index contributed by atoms with van der Waals surface area (Å²) in [5.74, 6) is -0.180. The molecule has 0 spiro atoms. The lowest BCUT2D eigenvalue weighted by molar-refractivity contribution is 0.0526. The molecule has 0 saturated carbocycles. The molecule has 0 unspecified atom stereocenters. The summed E-state index contributed by atoms with van der Waals surface area (Å²) >= 11 is 12.1. The summed E-state index contributed by atoms with van der Waals surface area (Å²) in [5.41, 5.74) is 0.580. The molecule has 2 aromatic carbocycles. The number of hydrogen-bond acceptors (Lipinski definition) is 5. The van der Waals surface area contributed by atoms with E-state index in [2.05, 4.69) is 4.72 Å². The zero-order valence-electron chi connectivity index (χ0n) is 14.1. The Bertz CT molecular complexity index is 898. The lowest BCUT2D eigenvalue weighted by Crippen LogP contribution is -2.14. The number of nitrogens with one attached hydrogen (secondary N) is 1. The molecule has 0 amide bonds. The zero-order valence-corrected chi connectivity index (χ0v) is 16.4. The van der Waals surface area contributed by atoms with Crippen molar-refractivity contribution in [3.05, 3.63) is 52.0 Å². The van der Waals surface area contributed by atoms with Crippen LogP contribution in [0, 0.1) is 0 Å². The molecule has 0 saturated heterocycles. The molecule has 2 aromatic rings. The number of ether oxygens (including phenoxy) is 2. The van der Waals surface area contributed by atoms with E-state index in [9.17, 15) is 13.2 Å². The Labute approximate surface area is 162 Å². The molecule has 6 nitrogen and oxygen atoms in total. The minimum Gasteiger partial charge on any atom is -0.492 e. The molecule has 0 radical (unpaired) electrons. The number of carbonyl (C=O) groups is 1. The van der Waals surface area contributed by atoms with Gasteiger partial charge in [0.15, 0.2) is 0 Å². The van der Waals surface area contributed by atoms with Crippen LogP contribution >= 0.6 is 23.2 Å². The second kappa shape index (κ2) is 8.62. The zero-order chi connectivity index (χ0) is 19.3. The van der Waals surface area contributed by atoms with Gasteiger partial charge in [-0.15, -0.1) is 0 Å². The number of carbonyl (C=O) groups excluding carboxylic acids is 1. The molecule has 0 bridgehead atoms. The second-order valence-electron chi connectivity index (χ2n) is 5.05. The standard InChI is InChI=1S/C17H17Cl2NO5S/c1-3-24-15-9-14(19)16(10-13(15)18)26(22,23)20-12-7-5-11(6-8-12)17(21)25-4-2/h5-10,20H,3-4H2,1-2H3. The fourth-order valence-corrected chi connectivity index (χ4v) is 3.97. The van der Waals surface area contributed by atoms with Gasteiger partial charge in [-0.05, 0) is 44.2 Å². The summed E-state index contributed by atoms with van der Waals surface area (Å²) in [6.45, 7) is 4.10. The average molecular weight is 418 g/mol. The van der Waals surface area contributed by atoms with Crippen LogP contribution < -0.4 is 9.46 Å². The molecule has 0 aromatic heterocycles. The van der Waals surface area contributed by atoms with E-state index in [0.717, 1.165) is 0 Å². The van der Waals surface area contributed by atoms with E-state index in [-0.39, 0.29) is 27.2 Å². The van der Waals surface area contributed by atoms with Crippen LogP contribution in [-0.4, -0.2) is 27.6 Å². The largest absolute Gasteiger partial charge is 0.492 e. The van der Waals surface area contributed by atoms with Gasteiger partial charge in [0, 0.05) is 11.8 Å². The van der Waals surface area contributed by atoms with Gasteiger partial charge in [-0.3, -0.25) is 4.72 Å². The van der Waals surface area contributed by atoms with Gasteiger partial charge in [0.2, 0.25) is 0 Å². The average Bonchev–Trinajstić information content (AvgIpc) is 2.58.